The Morgan fingerprint density at radius 1 is 1.15 bits per heavy atom. The van der Waals surface area contributed by atoms with E-state index in [0.29, 0.717) is 25.0 Å². The number of rotatable bonds is 12. The molecule has 1 atom stereocenters. The van der Waals surface area contributed by atoms with Gasteiger partial charge in [-0.15, -0.1) is 6.42 Å². The molecule has 2 aromatic carbocycles. The third-order valence-corrected chi connectivity index (χ3v) is 5.68. The third kappa shape index (κ3) is 6.02. The smallest absolute Gasteiger partial charge is 0.227 e. The zero-order chi connectivity index (χ0) is 23.0. The Balaban J connectivity index is 1.65. The highest BCUT2D eigenvalue weighted by Gasteiger charge is 2.33. The summed E-state index contributed by atoms with van der Waals surface area (Å²) in [5, 5.41) is 15.5. The molecule has 1 heterocycles. The fourth-order valence-corrected chi connectivity index (χ4v) is 3.93. The van der Waals surface area contributed by atoms with Gasteiger partial charge in [-0.1, -0.05) is 49.2 Å². The summed E-state index contributed by atoms with van der Waals surface area (Å²) in [5.74, 6) is 3.92. The molecule has 1 aromatic heterocycles. The van der Waals surface area contributed by atoms with Gasteiger partial charge in [-0.2, -0.15) is 5.10 Å². The molecule has 3 aromatic rings. The van der Waals surface area contributed by atoms with Crippen LogP contribution in [-0.2, 0) is 17.7 Å². The lowest BCUT2D eigenvalue weighted by Crippen LogP contribution is -2.36. The summed E-state index contributed by atoms with van der Waals surface area (Å²) in [6.45, 7) is 3.70. The molecular formula is C27H31N3O3. The molecule has 0 radical (unpaired) electrons. The van der Waals surface area contributed by atoms with Gasteiger partial charge in [0.1, 0.15) is 12.4 Å². The molecule has 33 heavy (non-hydrogen) atoms. The van der Waals surface area contributed by atoms with E-state index >= 15 is 0 Å². The van der Waals surface area contributed by atoms with E-state index in [0.717, 1.165) is 42.0 Å². The van der Waals surface area contributed by atoms with Gasteiger partial charge in [-0.3, -0.25) is 4.90 Å². The number of hydrogen-bond acceptors (Lipinski definition) is 5. The highest BCUT2D eigenvalue weighted by molar-refractivity contribution is 5.43. The van der Waals surface area contributed by atoms with Crippen LogP contribution in [0.4, 0.5) is 0 Å². The average molecular weight is 446 g/mol. The topological polar surface area (TPSA) is 59.8 Å². The first-order valence-electron chi connectivity index (χ1n) is 11.5. The van der Waals surface area contributed by atoms with Crippen molar-refractivity contribution in [1.82, 2.24) is 14.7 Å². The fraction of sp³-hybridized carbons (Fsp3) is 0.370. The number of benzene rings is 2. The maximum Gasteiger partial charge on any atom is 0.227 e. The van der Waals surface area contributed by atoms with Gasteiger partial charge in [0.2, 0.25) is 5.88 Å². The van der Waals surface area contributed by atoms with Crippen molar-refractivity contribution in [1.29, 1.82) is 0 Å². The third-order valence-electron chi connectivity index (χ3n) is 5.68. The van der Waals surface area contributed by atoms with Crippen LogP contribution >= 0.6 is 0 Å². The van der Waals surface area contributed by atoms with Crippen molar-refractivity contribution in [2.75, 3.05) is 19.8 Å². The zero-order valence-corrected chi connectivity index (χ0v) is 19.1. The summed E-state index contributed by atoms with van der Waals surface area (Å²) in [6.07, 6.45) is 7.68. The summed E-state index contributed by atoms with van der Waals surface area (Å²) in [5.41, 5.74) is 2.99. The normalized spacial score (nSPS) is 14.2. The molecule has 1 unspecified atom stereocenters. The van der Waals surface area contributed by atoms with E-state index in [9.17, 15) is 5.11 Å². The SMILES string of the molecule is C#CCOCC(O)CN(Cc1c(CC)nn(-c2ccccc2)c1Oc1ccccc1)C1CC1. The van der Waals surface area contributed by atoms with Gasteiger partial charge < -0.3 is 14.6 Å². The number of para-hydroxylation sites is 2. The van der Waals surface area contributed by atoms with E-state index in [1.807, 2.05) is 65.3 Å². The van der Waals surface area contributed by atoms with Gasteiger partial charge in [0.05, 0.1) is 29.7 Å². The summed E-state index contributed by atoms with van der Waals surface area (Å²) < 4.78 is 13.7. The predicted octanol–water partition coefficient (Wildman–Crippen LogP) is 4.20. The number of aromatic nitrogens is 2. The average Bonchev–Trinajstić information content (AvgIpc) is 3.64. The van der Waals surface area contributed by atoms with E-state index in [4.69, 9.17) is 21.0 Å². The van der Waals surface area contributed by atoms with E-state index in [-0.39, 0.29) is 13.2 Å². The second kappa shape index (κ2) is 11.2. The summed E-state index contributed by atoms with van der Waals surface area (Å²) in [7, 11) is 0. The van der Waals surface area contributed by atoms with E-state index < -0.39 is 6.10 Å². The van der Waals surface area contributed by atoms with Crippen LogP contribution in [0.2, 0.25) is 0 Å². The molecule has 1 fully saturated rings. The van der Waals surface area contributed by atoms with Gasteiger partial charge in [0.25, 0.3) is 0 Å². The lowest BCUT2D eigenvalue weighted by molar-refractivity contribution is 0.0240. The van der Waals surface area contributed by atoms with Crippen LogP contribution < -0.4 is 4.74 Å². The van der Waals surface area contributed by atoms with Gasteiger partial charge >= 0.3 is 0 Å². The van der Waals surface area contributed by atoms with Crippen molar-refractivity contribution in [2.24, 2.45) is 0 Å². The Hall–Kier alpha value is -3.11. The molecule has 4 rings (SSSR count). The molecule has 6 nitrogen and oxygen atoms in total. The summed E-state index contributed by atoms with van der Waals surface area (Å²) >= 11 is 0. The van der Waals surface area contributed by atoms with Crippen LogP contribution in [0.25, 0.3) is 5.69 Å². The highest BCUT2D eigenvalue weighted by atomic mass is 16.5. The van der Waals surface area contributed by atoms with Crippen molar-refractivity contribution in [3.63, 3.8) is 0 Å². The van der Waals surface area contributed by atoms with Crippen molar-refractivity contribution >= 4 is 0 Å². The van der Waals surface area contributed by atoms with Crippen LogP contribution in [0.15, 0.2) is 60.7 Å². The quantitative estimate of drug-likeness (QED) is 0.334. The Bertz CT molecular complexity index is 1060. The summed E-state index contributed by atoms with van der Waals surface area (Å²) in [4.78, 5) is 2.31. The molecule has 0 bridgehead atoms. The highest BCUT2D eigenvalue weighted by Crippen LogP contribution is 2.35. The molecule has 0 saturated heterocycles. The van der Waals surface area contributed by atoms with Crippen molar-refractivity contribution in [3.05, 3.63) is 71.9 Å². The van der Waals surface area contributed by atoms with Crippen LogP contribution in [0.5, 0.6) is 11.6 Å². The van der Waals surface area contributed by atoms with Crippen LogP contribution in [0, 0.1) is 12.3 Å². The first kappa shape index (κ1) is 23.1. The van der Waals surface area contributed by atoms with E-state index in [2.05, 4.69) is 17.7 Å². The summed E-state index contributed by atoms with van der Waals surface area (Å²) in [6, 6.07) is 20.3. The molecule has 1 saturated carbocycles. The van der Waals surface area contributed by atoms with Crippen molar-refractivity contribution < 1.29 is 14.6 Å². The molecule has 1 aliphatic carbocycles. The Morgan fingerprint density at radius 2 is 1.85 bits per heavy atom. The second-order valence-electron chi connectivity index (χ2n) is 8.28. The second-order valence-corrected chi connectivity index (χ2v) is 8.28. The molecule has 0 aliphatic heterocycles. The number of aliphatic hydroxyl groups is 1. The first-order chi connectivity index (χ1) is 16.2. The minimum Gasteiger partial charge on any atom is -0.439 e. The molecule has 172 valence electrons. The van der Waals surface area contributed by atoms with Crippen LogP contribution in [0.3, 0.4) is 0 Å². The Labute approximate surface area is 195 Å². The predicted molar refractivity (Wildman–Crippen MR) is 129 cm³/mol. The van der Waals surface area contributed by atoms with Crippen molar-refractivity contribution in [3.8, 4) is 29.7 Å². The lowest BCUT2D eigenvalue weighted by Gasteiger charge is -2.25. The minimum atomic E-state index is -0.605. The minimum absolute atomic E-state index is 0.208. The molecule has 1 aliphatic rings. The molecule has 6 heteroatoms. The standard InChI is InChI=1S/C27H31N3O3/c1-3-17-32-20-23(31)18-29(21-15-16-21)19-25-26(4-2)28-30(22-11-7-5-8-12-22)27(25)33-24-13-9-6-10-14-24/h1,5-14,21,23,31H,4,15-20H2,2H3. The Kier molecular flexibility index (Phi) is 7.79. The van der Waals surface area contributed by atoms with E-state index in [1.54, 1.807) is 0 Å². The van der Waals surface area contributed by atoms with Crippen molar-refractivity contribution in [2.45, 2.75) is 44.9 Å². The van der Waals surface area contributed by atoms with Crippen LogP contribution in [-0.4, -0.2) is 51.7 Å². The van der Waals surface area contributed by atoms with Gasteiger partial charge in [0, 0.05) is 19.1 Å². The zero-order valence-electron chi connectivity index (χ0n) is 19.1. The monoisotopic (exact) mass is 445 g/mol. The van der Waals surface area contributed by atoms with Gasteiger partial charge in [0.15, 0.2) is 0 Å². The largest absolute Gasteiger partial charge is 0.439 e. The lowest BCUT2D eigenvalue weighted by atomic mass is 10.1. The van der Waals surface area contributed by atoms with Crippen LogP contribution in [0.1, 0.15) is 31.0 Å². The first-order valence-corrected chi connectivity index (χ1v) is 11.5. The number of nitrogens with zero attached hydrogens (tertiary/aromatic N) is 3. The molecule has 1 N–H and O–H groups in total. The number of ether oxygens (including phenoxy) is 2. The maximum absolute atomic E-state index is 10.5. The number of aryl methyl sites for hydroxylation is 1. The van der Waals surface area contributed by atoms with Gasteiger partial charge in [-0.05, 0) is 43.5 Å². The maximum atomic E-state index is 10.5. The fourth-order valence-electron chi connectivity index (χ4n) is 3.93. The number of hydrogen-bond donors (Lipinski definition) is 1. The van der Waals surface area contributed by atoms with Gasteiger partial charge in [-0.25, -0.2) is 4.68 Å². The number of terminal acetylenes is 1. The molecule has 0 spiro atoms. The molecular weight excluding hydrogens is 414 g/mol. The number of aliphatic hydroxyl groups excluding tert-OH is 1. The van der Waals surface area contributed by atoms with E-state index in [1.165, 1.54) is 0 Å². The molecule has 0 amide bonds. The Morgan fingerprint density at radius 3 is 2.48 bits per heavy atom.